The molecule has 142 valence electrons. The highest BCUT2D eigenvalue weighted by Crippen LogP contribution is 2.35. The van der Waals surface area contributed by atoms with E-state index in [1.807, 2.05) is 24.0 Å². The molecular formula is C20H21N7O. The summed E-state index contributed by atoms with van der Waals surface area (Å²) in [5.74, 6) is 1.31. The summed E-state index contributed by atoms with van der Waals surface area (Å²) in [4.78, 5) is 34.9. The smallest absolute Gasteiger partial charge is 0.247 e. The summed E-state index contributed by atoms with van der Waals surface area (Å²) in [6.07, 6.45) is 13.4. The molecule has 1 fully saturated rings. The average Bonchev–Trinajstić information content (AvgIpc) is 3.40. The lowest BCUT2D eigenvalue weighted by Crippen LogP contribution is -2.30. The Hall–Kier alpha value is -3.55. The number of hydrogen-bond acceptors (Lipinski definition) is 6. The predicted octanol–water partition coefficient (Wildman–Crippen LogP) is 3.02. The molecule has 0 saturated carbocycles. The number of likely N-dealkylation sites (tertiary alicyclic amines) is 1. The molecule has 1 atom stereocenters. The molecule has 4 heterocycles. The normalized spacial score (nSPS) is 16.6. The van der Waals surface area contributed by atoms with Crippen molar-refractivity contribution < 1.29 is 4.79 Å². The first-order valence-electron chi connectivity index (χ1n) is 9.19. The quantitative estimate of drug-likeness (QED) is 0.665. The molecule has 2 N–H and O–H groups in total. The van der Waals surface area contributed by atoms with E-state index in [4.69, 9.17) is 0 Å². The minimum Gasteiger partial charge on any atom is -0.345 e. The second-order valence-corrected chi connectivity index (χ2v) is 6.61. The topological polar surface area (TPSA) is 99.7 Å². The van der Waals surface area contributed by atoms with Gasteiger partial charge in [-0.25, -0.2) is 15.0 Å². The van der Waals surface area contributed by atoms with Gasteiger partial charge in [-0.15, -0.1) is 0 Å². The monoisotopic (exact) mass is 375 g/mol. The Balaban J connectivity index is 1.58. The van der Waals surface area contributed by atoms with Crippen LogP contribution in [-0.4, -0.2) is 42.3 Å². The van der Waals surface area contributed by atoms with Crippen LogP contribution in [0, 0.1) is 6.92 Å². The lowest BCUT2D eigenvalue weighted by Gasteiger charge is -2.24. The zero-order chi connectivity index (χ0) is 19.3. The van der Waals surface area contributed by atoms with Crippen molar-refractivity contribution in [3.63, 3.8) is 0 Å². The maximum absolute atomic E-state index is 12.8. The Morgan fingerprint density at radius 3 is 2.93 bits per heavy atom. The van der Waals surface area contributed by atoms with Crippen LogP contribution in [0.2, 0.25) is 0 Å². The number of carbonyl (C=O) groups is 1. The van der Waals surface area contributed by atoms with Crippen LogP contribution in [0.4, 0.5) is 11.6 Å². The number of pyridine rings is 1. The molecule has 0 aliphatic carbocycles. The highest BCUT2D eigenvalue weighted by Gasteiger charge is 2.32. The molecule has 1 amide bonds. The summed E-state index contributed by atoms with van der Waals surface area (Å²) in [6.45, 7) is 2.67. The van der Waals surface area contributed by atoms with Crippen LogP contribution in [0.1, 0.15) is 35.8 Å². The van der Waals surface area contributed by atoms with Gasteiger partial charge in [0.05, 0.1) is 24.3 Å². The van der Waals surface area contributed by atoms with Gasteiger partial charge in [0, 0.05) is 31.2 Å². The molecule has 8 nitrogen and oxygen atoms in total. The van der Waals surface area contributed by atoms with Crippen molar-refractivity contribution in [3.8, 4) is 0 Å². The molecule has 1 saturated heterocycles. The molecule has 0 aromatic carbocycles. The first kappa shape index (κ1) is 17.8. The lowest BCUT2D eigenvalue weighted by atomic mass is 10.1. The van der Waals surface area contributed by atoms with E-state index in [0.29, 0.717) is 12.4 Å². The van der Waals surface area contributed by atoms with Gasteiger partial charge in [0.1, 0.15) is 11.5 Å². The highest BCUT2D eigenvalue weighted by molar-refractivity contribution is 5.92. The SMILES string of the molecule is Cc1cccnc1Nc1nccnc1[C@@H]1CCCN1C(=O)/C=C/c1cnc[nH]1. The number of rotatable bonds is 5. The fourth-order valence-corrected chi connectivity index (χ4v) is 3.35. The van der Waals surface area contributed by atoms with Crippen molar-refractivity contribution >= 4 is 23.6 Å². The number of aromatic amines is 1. The fraction of sp³-hybridized carbons (Fsp3) is 0.250. The average molecular weight is 375 g/mol. The molecule has 3 aromatic rings. The summed E-state index contributed by atoms with van der Waals surface area (Å²) < 4.78 is 0. The van der Waals surface area contributed by atoms with Gasteiger partial charge >= 0.3 is 0 Å². The molecule has 1 aliphatic rings. The number of aryl methyl sites for hydroxylation is 1. The number of amides is 1. The van der Waals surface area contributed by atoms with E-state index in [9.17, 15) is 4.79 Å². The molecule has 4 rings (SSSR count). The van der Waals surface area contributed by atoms with Crippen molar-refractivity contribution in [1.29, 1.82) is 0 Å². The second-order valence-electron chi connectivity index (χ2n) is 6.61. The van der Waals surface area contributed by atoms with Gasteiger partial charge in [0.15, 0.2) is 5.82 Å². The zero-order valence-corrected chi connectivity index (χ0v) is 15.5. The number of H-pyrrole nitrogens is 1. The van der Waals surface area contributed by atoms with Crippen LogP contribution in [0.15, 0.2) is 49.3 Å². The minimum atomic E-state index is -0.126. The molecule has 0 unspecified atom stereocenters. The molecule has 3 aromatic heterocycles. The van der Waals surface area contributed by atoms with Crippen molar-refractivity contribution in [3.05, 3.63) is 66.3 Å². The van der Waals surface area contributed by atoms with Crippen LogP contribution in [0.3, 0.4) is 0 Å². The Kier molecular flexibility index (Phi) is 5.09. The Morgan fingerprint density at radius 2 is 2.11 bits per heavy atom. The van der Waals surface area contributed by atoms with Crippen LogP contribution in [0.5, 0.6) is 0 Å². The largest absolute Gasteiger partial charge is 0.345 e. The van der Waals surface area contributed by atoms with Crippen LogP contribution in [0.25, 0.3) is 6.08 Å². The fourth-order valence-electron chi connectivity index (χ4n) is 3.35. The Morgan fingerprint density at radius 1 is 1.25 bits per heavy atom. The summed E-state index contributed by atoms with van der Waals surface area (Å²) in [5, 5.41) is 3.28. The van der Waals surface area contributed by atoms with Gasteiger partial charge in [0.2, 0.25) is 5.91 Å². The van der Waals surface area contributed by atoms with Crippen molar-refractivity contribution in [2.24, 2.45) is 0 Å². The van der Waals surface area contributed by atoms with E-state index in [0.717, 1.165) is 35.6 Å². The second kappa shape index (κ2) is 7.99. The van der Waals surface area contributed by atoms with E-state index in [1.165, 1.54) is 0 Å². The number of aromatic nitrogens is 5. The molecule has 0 spiro atoms. The van der Waals surface area contributed by atoms with Crippen LogP contribution in [-0.2, 0) is 4.79 Å². The first-order valence-corrected chi connectivity index (χ1v) is 9.19. The van der Waals surface area contributed by atoms with Gasteiger partial charge in [0.25, 0.3) is 0 Å². The number of imidazole rings is 1. The third kappa shape index (κ3) is 3.75. The number of nitrogens with one attached hydrogen (secondary N) is 2. The Labute approximate surface area is 162 Å². The summed E-state index contributed by atoms with van der Waals surface area (Å²) in [7, 11) is 0. The lowest BCUT2D eigenvalue weighted by molar-refractivity contribution is -0.126. The predicted molar refractivity (Wildman–Crippen MR) is 106 cm³/mol. The van der Waals surface area contributed by atoms with Gasteiger partial charge < -0.3 is 15.2 Å². The Bertz CT molecular complexity index is 984. The molecule has 28 heavy (non-hydrogen) atoms. The van der Waals surface area contributed by atoms with Crippen LogP contribution < -0.4 is 5.32 Å². The third-order valence-electron chi connectivity index (χ3n) is 4.75. The third-order valence-corrected chi connectivity index (χ3v) is 4.75. The van der Waals surface area contributed by atoms with E-state index < -0.39 is 0 Å². The zero-order valence-electron chi connectivity index (χ0n) is 15.5. The molecule has 0 radical (unpaired) electrons. The van der Waals surface area contributed by atoms with E-state index >= 15 is 0 Å². The maximum Gasteiger partial charge on any atom is 0.247 e. The van der Waals surface area contributed by atoms with Gasteiger partial charge in [-0.2, -0.15) is 0 Å². The number of anilines is 2. The van der Waals surface area contributed by atoms with E-state index in [1.54, 1.807) is 43.3 Å². The van der Waals surface area contributed by atoms with E-state index in [2.05, 4.69) is 30.2 Å². The number of nitrogens with zero attached hydrogens (tertiary/aromatic N) is 5. The van der Waals surface area contributed by atoms with Crippen molar-refractivity contribution in [2.45, 2.75) is 25.8 Å². The molecule has 0 bridgehead atoms. The number of hydrogen-bond donors (Lipinski definition) is 2. The van der Waals surface area contributed by atoms with Crippen molar-refractivity contribution in [1.82, 2.24) is 29.8 Å². The first-order chi connectivity index (χ1) is 13.7. The van der Waals surface area contributed by atoms with Gasteiger partial charge in [-0.05, 0) is 37.5 Å². The minimum absolute atomic E-state index is 0.0530. The van der Waals surface area contributed by atoms with Crippen molar-refractivity contribution in [2.75, 3.05) is 11.9 Å². The van der Waals surface area contributed by atoms with Crippen LogP contribution >= 0.6 is 0 Å². The van der Waals surface area contributed by atoms with Gasteiger partial charge in [-0.3, -0.25) is 9.78 Å². The summed E-state index contributed by atoms with van der Waals surface area (Å²) >= 11 is 0. The highest BCUT2D eigenvalue weighted by atomic mass is 16.2. The summed E-state index contributed by atoms with van der Waals surface area (Å²) in [5.41, 5.74) is 2.56. The molecule has 8 heteroatoms. The standard InChI is InChI=1S/C20H21N7O/c1-14-4-2-8-23-19(14)26-20-18(22-9-10-24-20)16-5-3-11-27(16)17(28)7-6-15-12-21-13-25-15/h2,4,6-10,12-13,16H,3,5,11H2,1H3,(H,21,25)(H,23,24,26)/b7-6+/t16-/m0/s1. The molecular weight excluding hydrogens is 354 g/mol. The molecule has 1 aliphatic heterocycles. The maximum atomic E-state index is 12.8. The number of carbonyl (C=O) groups excluding carboxylic acids is 1. The van der Waals surface area contributed by atoms with Gasteiger partial charge in [-0.1, -0.05) is 6.07 Å². The van der Waals surface area contributed by atoms with E-state index in [-0.39, 0.29) is 11.9 Å². The summed E-state index contributed by atoms with van der Waals surface area (Å²) in [6, 6.07) is 3.75.